The molecule has 0 aliphatic heterocycles. The van der Waals surface area contributed by atoms with Crippen LogP contribution >= 0.6 is 34.8 Å². The van der Waals surface area contributed by atoms with E-state index in [2.05, 4.69) is 19.2 Å². The van der Waals surface area contributed by atoms with Gasteiger partial charge >= 0.3 is 0 Å². The Bertz CT molecular complexity index is 712. The number of anilines is 3. The maximum absolute atomic E-state index is 12.7. The minimum atomic E-state index is -1.99. The van der Waals surface area contributed by atoms with Gasteiger partial charge in [0.1, 0.15) is 0 Å². The van der Waals surface area contributed by atoms with Crippen LogP contribution in [0.25, 0.3) is 0 Å². The fraction of sp³-hybridized carbons (Fsp3) is 0.350. The molecule has 0 spiro atoms. The van der Waals surface area contributed by atoms with Crippen molar-refractivity contribution in [2.75, 3.05) is 10.2 Å². The van der Waals surface area contributed by atoms with Crippen molar-refractivity contribution in [3.05, 3.63) is 54.6 Å². The highest BCUT2D eigenvalue weighted by molar-refractivity contribution is 6.77. The molecule has 0 radical (unpaired) electrons. The van der Waals surface area contributed by atoms with Crippen LogP contribution in [0.2, 0.25) is 0 Å². The fourth-order valence-corrected chi connectivity index (χ4v) is 3.16. The topological polar surface area (TPSA) is 32.3 Å². The van der Waals surface area contributed by atoms with Crippen LogP contribution in [0.5, 0.6) is 0 Å². The van der Waals surface area contributed by atoms with Crippen LogP contribution in [0.3, 0.4) is 0 Å². The molecule has 2 aromatic carbocycles. The van der Waals surface area contributed by atoms with Gasteiger partial charge in [-0.25, -0.2) is 0 Å². The molecule has 3 nitrogen and oxygen atoms in total. The molecule has 0 fully saturated rings. The van der Waals surface area contributed by atoms with E-state index < -0.39 is 9.70 Å². The summed E-state index contributed by atoms with van der Waals surface area (Å²) < 4.78 is -1.99. The lowest BCUT2D eigenvalue weighted by atomic mass is 10.0. The van der Waals surface area contributed by atoms with Gasteiger partial charge in [0.25, 0.3) is 9.70 Å². The smallest absolute Gasteiger partial charge is 0.279 e. The van der Waals surface area contributed by atoms with E-state index in [1.54, 1.807) is 4.90 Å². The van der Waals surface area contributed by atoms with Crippen LogP contribution in [-0.2, 0) is 4.79 Å². The van der Waals surface area contributed by atoms with Crippen LogP contribution in [0.4, 0.5) is 17.1 Å². The molecule has 0 saturated heterocycles. The van der Waals surface area contributed by atoms with Crippen LogP contribution in [0.15, 0.2) is 54.6 Å². The van der Waals surface area contributed by atoms with Gasteiger partial charge in [0.2, 0.25) is 0 Å². The molecule has 1 amide bonds. The van der Waals surface area contributed by atoms with Gasteiger partial charge < -0.3 is 10.2 Å². The second-order valence-electron chi connectivity index (χ2n) is 6.69. The summed E-state index contributed by atoms with van der Waals surface area (Å²) in [4.78, 5) is 14.2. The van der Waals surface area contributed by atoms with E-state index >= 15 is 0 Å². The van der Waals surface area contributed by atoms with Gasteiger partial charge in [-0.2, -0.15) is 0 Å². The number of hydrogen-bond acceptors (Lipinski definition) is 2. The van der Waals surface area contributed by atoms with Gasteiger partial charge in [-0.1, -0.05) is 66.8 Å². The number of hydrogen-bond donors (Lipinski definition) is 1. The lowest BCUT2D eigenvalue weighted by Gasteiger charge is -2.32. The first-order valence-corrected chi connectivity index (χ1v) is 9.64. The van der Waals surface area contributed by atoms with Crippen molar-refractivity contribution in [3.63, 3.8) is 0 Å². The molecule has 0 aliphatic carbocycles. The highest BCUT2D eigenvalue weighted by Gasteiger charge is 2.38. The number of amides is 1. The second kappa shape index (κ2) is 8.98. The molecule has 0 aromatic heterocycles. The van der Waals surface area contributed by atoms with Gasteiger partial charge in [0.05, 0.1) is 0 Å². The van der Waals surface area contributed by atoms with Gasteiger partial charge in [0, 0.05) is 23.1 Å². The molecule has 2 aromatic rings. The first-order chi connectivity index (χ1) is 12.2. The third-order valence-corrected chi connectivity index (χ3v) is 4.41. The molecular weight excluding hydrogens is 391 g/mol. The van der Waals surface area contributed by atoms with Crippen molar-refractivity contribution in [1.29, 1.82) is 0 Å². The van der Waals surface area contributed by atoms with Crippen molar-refractivity contribution in [2.24, 2.45) is 5.92 Å². The Morgan fingerprint density at radius 1 is 0.962 bits per heavy atom. The lowest BCUT2D eigenvalue weighted by Crippen LogP contribution is -2.45. The summed E-state index contributed by atoms with van der Waals surface area (Å²) in [6.45, 7) is 6.16. The monoisotopic (exact) mass is 412 g/mol. The largest absolute Gasteiger partial charge is 0.356 e. The van der Waals surface area contributed by atoms with Crippen LogP contribution < -0.4 is 10.2 Å². The van der Waals surface area contributed by atoms with E-state index in [0.717, 1.165) is 17.8 Å². The number of carbonyl (C=O) groups is 1. The highest BCUT2D eigenvalue weighted by Crippen LogP contribution is 2.33. The third-order valence-electron chi connectivity index (χ3n) is 3.92. The zero-order valence-electron chi connectivity index (χ0n) is 15.0. The van der Waals surface area contributed by atoms with E-state index in [0.29, 0.717) is 11.6 Å². The van der Waals surface area contributed by atoms with Crippen LogP contribution in [0.1, 0.15) is 27.2 Å². The Labute approximate surface area is 170 Å². The van der Waals surface area contributed by atoms with Crippen molar-refractivity contribution < 1.29 is 4.79 Å². The zero-order chi connectivity index (χ0) is 19.3. The number of halogens is 3. The van der Waals surface area contributed by atoms with Crippen molar-refractivity contribution in [1.82, 2.24) is 0 Å². The Morgan fingerprint density at radius 3 is 2.00 bits per heavy atom. The standard InChI is InChI=1S/C20H23Cl3N2O/c1-14(2)13-15(3)25(19(26)20(21,22)23)18-11-9-17(10-12-18)24-16-7-5-4-6-8-16/h4-12,14-15,24H,13H2,1-3H3. The molecule has 140 valence electrons. The molecule has 1 unspecified atom stereocenters. The van der Waals surface area contributed by atoms with Gasteiger partial charge in [-0.15, -0.1) is 0 Å². The maximum Gasteiger partial charge on any atom is 0.279 e. The predicted molar refractivity (Wildman–Crippen MR) is 113 cm³/mol. The Kier molecular flexibility index (Phi) is 7.22. The lowest BCUT2D eigenvalue weighted by molar-refractivity contribution is -0.118. The summed E-state index contributed by atoms with van der Waals surface area (Å²) in [5.41, 5.74) is 2.61. The summed E-state index contributed by atoms with van der Waals surface area (Å²) in [5.74, 6) is -0.130. The molecule has 1 N–H and O–H groups in total. The highest BCUT2D eigenvalue weighted by atomic mass is 35.6. The number of rotatable bonds is 6. The summed E-state index contributed by atoms with van der Waals surface area (Å²) in [6.07, 6.45) is 0.802. The zero-order valence-corrected chi connectivity index (χ0v) is 17.3. The summed E-state index contributed by atoms with van der Waals surface area (Å²) >= 11 is 17.6. The maximum atomic E-state index is 12.7. The quantitative estimate of drug-likeness (QED) is 0.543. The normalized spacial score (nSPS) is 12.7. The summed E-state index contributed by atoms with van der Waals surface area (Å²) in [7, 11) is 0. The number of para-hydroxylation sites is 1. The molecular formula is C20H23Cl3N2O. The Morgan fingerprint density at radius 2 is 1.50 bits per heavy atom. The molecule has 0 aliphatic rings. The fourth-order valence-electron chi connectivity index (χ4n) is 2.89. The molecule has 1 atom stereocenters. The van der Waals surface area contributed by atoms with Gasteiger partial charge in [-0.3, -0.25) is 4.79 Å². The Balaban J connectivity index is 2.25. The number of nitrogens with zero attached hydrogens (tertiary/aromatic N) is 1. The van der Waals surface area contributed by atoms with E-state index in [4.69, 9.17) is 34.8 Å². The number of nitrogens with one attached hydrogen (secondary N) is 1. The first-order valence-electron chi connectivity index (χ1n) is 8.51. The number of benzene rings is 2. The molecule has 0 bridgehead atoms. The SMILES string of the molecule is CC(C)CC(C)N(C(=O)C(Cl)(Cl)Cl)c1ccc(Nc2ccccc2)cc1. The summed E-state index contributed by atoms with van der Waals surface area (Å²) in [6, 6.07) is 17.3. The second-order valence-corrected chi connectivity index (χ2v) is 8.97. The van der Waals surface area contributed by atoms with E-state index in [9.17, 15) is 4.79 Å². The van der Waals surface area contributed by atoms with Gasteiger partial charge in [0.15, 0.2) is 0 Å². The van der Waals surface area contributed by atoms with Gasteiger partial charge in [-0.05, 0) is 55.7 Å². The Hall–Kier alpha value is -1.42. The predicted octanol–water partition coefficient (Wildman–Crippen LogP) is 6.57. The minimum Gasteiger partial charge on any atom is -0.356 e. The number of carbonyl (C=O) groups excluding carboxylic acids is 1. The number of alkyl halides is 3. The minimum absolute atomic E-state index is 0.0916. The first kappa shape index (κ1) is 20.9. The van der Waals surface area contributed by atoms with Crippen LogP contribution in [-0.4, -0.2) is 15.7 Å². The van der Waals surface area contributed by atoms with E-state index in [1.165, 1.54) is 0 Å². The molecule has 0 heterocycles. The van der Waals surface area contributed by atoms with E-state index in [-0.39, 0.29) is 6.04 Å². The van der Waals surface area contributed by atoms with E-state index in [1.807, 2.05) is 61.5 Å². The average Bonchev–Trinajstić information content (AvgIpc) is 2.56. The molecule has 2 rings (SSSR count). The van der Waals surface area contributed by atoms with Crippen LogP contribution in [0, 0.1) is 5.92 Å². The third kappa shape index (κ3) is 5.80. The molecule has 6 heteroatoms. The van der Waals surface area contributed by atoms with Crippen molar-refractivity contribution in [3.8, 4) is 0 Å². The summed E-state index contributed by atoms with van der Waals surface area (Å²) in [5, 5.41) is 3.31. The average molecular weight is 414 g/mol. The van der Waals surface area contributed by atoms with Crippen molar-refractivity contribution in [2.45, 2.75) is 37.0 Å². The van der Waals surface area contributed by atoms with Crippen molar-refractivity contribution >= 4 is 57.8 Å². The molecule has 0 saturated carbocycles. The molecule has 26 heavy (non-hydrogen) atoms.